The van der Waals surface area contributed by atoms with Gasteiger partial charge in [-0.15, -0.1) is 0 Å². The highest BCUT2D eigenvalue weighted by Crippen LogP contribution is 2.40. The van der Waals surface area contributed by atoms with Gasteiger partial charge in [-0.25, -0.2) is 17.7 Å². The first-order valence-electron chi connectivity index (χ1n) is 7.20. The van der Waals surface area contributed by atoms with Crippen LogP contribution in [0.5, 0.6) is 0 Å². The van der Waals surface area contributed by atoms with Gasteiger partial charge in [-0.2, -0.15) is 0 Å². The average Bonchev–Trinajstić information content (AvgIpc) is 2.71. The summed E-state index contributed by atoms with van der Waals surface area (Å²) in [6.45, 7) is 0. The summed E-state index contributed by atoms with van der Waals surface area (Å²) in [6, 6.07) is 4.56. The molecule has 0 aliphatic carbocycles. The van der Waals surface area contributed by atoms with Crippen LogP contribution in [0.3, 0.4) is 0 Å². The fraction of sp³-hybridized carbons (Fsp3) is 0.643. The molecule has 3 rings (SSSR count). The lowest BCUT2D eigenvalue weighted by molar-refractivity contribution is 0.479. The van der Waals surface area contributed by atoms with E-state index in [2.05, 4.69) is 25.8 Å². The SMILES string of the molecule is CN(C)S(=O)(=O)c1ccc(N2C3CCC2CC(Br)C3)nc1. The third-order valence-electron chi connectivity index (χ3n) is 4.44. The zero-order chi connectivity index (χ0) is 15.2. The summed E-state index contributed by atoms with van der Waals surface area (Å²) in [5, 5.41) is 0. The first kappa shape index (κ1) is 15.2. The Bertz CT molecular complexity index is 604. The van der Waals surface area contributed by atoms with Crippen LogP contribution in [-0.2, 0) is 10.0 Å². The predicted molar refractivity (Wildman–Crippen MR) is 86.3 cm³/mol. The fourth-order valence-electron chi connectivity index (χ4n) is 3.37. The van der Waals surface area contributed by atoms with Crippen molar-refractivity contribution >= 4 is 31.8 Å². The van der Waals surface area contributed by atoms with Crippen molar-refractivity contribution in [1.82, 2.24) is 9.29 Å². The first-order valence-corrected chi connectivity index (χ1v) is 9.56. The number of hydrogen-bond acceptors (Lipinski definition) is 4. The average molecular weight is 374 g/mol. The van der Waals surface area contributed by atoms with Gasteiger partial charge < -0.3 is 4.90 Å². The molecule has 0 radical (unpaired) electrons. The zero-order valence-electron chi connectivity index (χ0n) is 12.2. The van der Waals surface area contributed by atoms with Gasteiger partial charge >= 0.3 is 0 Å². The first-order chi connectivity index (χ1) is 9.89. The summed E-state index contributed by atoms with van der Waals surface area (Å²) in [6.07, 6.45) is 6.15. The molecule has 21 heavy (non-hydrogen) atoms. The Kier molecular flexibility index (Phi) is 4.00. The number of nitrogens with zero attached hydrogens (tertiary/aromatic N) is 3. The monoisotopic (exact) mass is 373 g/mol. The molecule has 3 heterocycles. The quantitative estimate of drug-likeness (QED) is 0.762. The van der Waals surface area contributed by atoms with Crippen molar-refractivity contribution in [3.05, 3.63) is 18.3 Å². The van der Waals surface area contributed by atoms with Crippen LogP contribution in [0.2, 0.25) is 0 Å². The summed E-state index contributed by atoms with van der Waals surface area (Å²) in [5.74, 6) is 0.902. The summed E-state index contributed by atoms with van der Waals surface area (Å²) in [4.78, 5) is 7.65. The van der Waals surface area contributed by atoms with E-state index in [4.69, 9.17) is 0 Å². The molecule has 116 valence electrons. The van der Waals surface area contributed by atoms with E-state index < -0.39 is 10.0 Å². The number of piperidine rings is 1. The van der Waals surface area contributed by atoms with Crippen molar-refractivity contribution in [1.29, 1.82) is 0 Å². The van der Waals surface area contributed by atoms with Crippen molar-refractivity contribution in [2.24, 2.45) is 0 Å². The summed E-state index contributed by atoms with van der Waals surface area (Å²) in [5.41, 5.74) is 0. The molecule has 1 aromatic rings. The van der Waals surface area contributed by atoms with Gasteiger partial charge in [0, 0.05) is 37.2 Å². The molecule has 2 aliphatic heterocycles. The minimum atomic E-state index is -3.40. The van der Waals surface area contributed by atoms with Crippen LogP contribution in [-0.4, -0.2) is 48.7 Å². The Labute approximate surface area is 134 Å². The molecule has 2 fully saturated rings. The van der Waals surface area contributed by atoms with E-state index in [-0.39, 0.29) is 4.90 Å². The van der Waals surface area contributed by atoms with Crippen molar-refractivity contribution in [2.75, 3.05) is 19.0 Å². The van der Waals surface area contributed by atoms with E-state index >= 15 is 0 Å². The molecule has 2 atom stereocenters. The van der Waals surface area contributed by atoms with Gasteiger partial charge in [0.25, 0.3) is 0 Å². The highest BCUT2D eigenvalue weighted by Gasteiger charge is 2.40. The lowest BCUT2D eigenvalue weighted by Crippen LogP contribution is -2.43. The molecule has 0 N–H and O–H groups in total. The third kappa shape index (κ3) is 2.71. The van der Waals surface area contributed by atoms with Gasteiger partial charge in [-0.3, -0.25) is 0 Å². The molecule has 5 nitrogen and oxygen atoms in total. The summed E-state index contributed by atoms with van der Waals surface area (Å²) >= 11 is 3.73. The van der Waals surface area contributed by atoms with Gasteiger partial charge in [-0.05, 0) is 37.8 Å². The number of pyridine rings is 1. The molecule has 2 unspecified atom stereocenters. The molecule has 2 bridgehead atoms. The standard InChI is InChI=1S/C14H20BrN3O2S/c1-17(2)21(19,20)13-5-6-14(16-9-13)18-11-3-4-12(18)8-10(15)7-11/h5-6,9-12H,3-4,7-8H2,1-2H3. The molecule has 2 saturated heterocycles. The maximum atomic E-state index is 12.1. The van der Waals surface area contributed by atoms with Gasteiger partial charge in [0.2, 0.25) is 10.0 Å². The van der Waals surface area contributed by atoms with Crippen molar-refractivity contribution in [3.63, 3.8) is 0 Å². The van der Waals surface area contributed by atoms with Crippen LogP contribution in [0.15, 0.2) is 23.2 Å². The number of fused-ring (bicyclic) bond motifs is 2. The number of hydrogen-bond donors (Lipinski definition) is 0. The lowest BCUT2D eigenvalue weighted by Gasteiger charge is -2.38. The second kappa shape index (κ2) is 5.52. The van der Waals surface area contributed by atoms with Crippen LogP contribution in [0, 0.1) is 0 Å². The zero-order valence-corrected chi connectivity index (χ0v) is 14.6. The van der Waals surface area contributed by atoms with Crippen molar-refractivity contribution in [2.45, 2.75) is 47.5 Å². The molecular formula is C14H20BrN3O2S. The topological polar surface area (TPSA) is 53.5 Å². The highest BCUT2D eigenvalue weighted by atomic mass is 79.9. The normalized spacial score (nSPS) is 29.1. The molecule has 0 amide bonds. The summed E-state index contributed by atoms with van der Waals surface area (Å²) < 4.78 is 25.4. The van der Waals surface area contributed by atoms with Crippen LogP contribution in [0.4, 0.5) is 5.82 Å². The van der Waals surface area contributed by atoms with Gasteiger partial charge in [-0.1, -0.05) is 15.9 Å². The van der Waals surface area contributed by atoms with Crippen LogP contribution < -0.4 is 4.90 Å². The van der Waals surface area contributed by atoms with Crippen LogP contribution in [0.1, 0.15) is 25.7 Å². The lowest BCUT2D eigenvalue weighted by atomic mass is 10.0. The Morgan fingerprint density at radius 3 is 2.33 bits per heavy atom. The van der Waals surface area contributed by atoms with E-state index in [9.17, 15) is 8.42 Å². The summed E-state index contributed by atoms with van der Waals surface area (Å²) in [7, 11) is -0.336. The van der Waals surface area contributed by atoms with E-state index in [0.717, 1.165) is 18.7 Å². The number of rotatable bonds is 3. The predicted octanol–water partition coefficient (Wildman–Crippen LogP) is 2.23. The fourth-order valence-corrected chi connectivity index (χ4v) is 5.08. The van der Waals surface area contributed by atoms with E-state index in [1.165, 1.54) is 37.4 Å². The van der Waals surface area contributed by atoms with Crippen LogP contribution >= 0.6 is 15.9 Å². The Morgan fingerprint density at radius 1 is 1.24 bits per heavy atom. The minimum Gasteiger partial charge on any atom is -0.351 e. The van der Waals surface area contributed by atoms with Crippen molar-refractivity contribution in [3.8, 4) is 0 Å². The van der Waals surface area contributed by atoms with Gasteiger partial charge in [0.05, 0.1) is 0 Å². The molecular weight excluding hydrogens is 354 g/mol. The van der Waals surface area contributed by atoms with E-state index in [1.54, 1.807) is 6.07 Å². The number of sulfonamides is 1. The van der Waals surface area contributed by atoms with E-state index in [0.29, 0.717) is 16.9 Å². The number of anilines is 1. The largest absolute Gasteiger partial charge is 0.351 e. The second-order valence-electron chi connectivity index (χ2n) is 6.00. The highest BCUT2D eigenvalue weighted by molar-refractivity contribution is 9.09. The minimum absolute atomic E-state index is 0.249. The number of aromatic nitrogens is 1. The van der Waals surface area contributed by atoms with Gasteiger partial charge in [0.15, 0.2) is 0 Å². The smallest absolute Gasteiger partial charge is 0.244 e. The maximum absolute atomic E-state index is 12.1. The maximum Gasteiger partial charge on any atom is 0.244 e. The van der Waals surface area contributed by atoms with Crippen LogP contribution in [0.25, 0.3) is 0 Å². The second-order valence-corrected chi connectivity index (χ2v) is 9.45. The molecule has 0 spiro atoms. The molecule has 2 aliphatic rings. The third-order valence-corrected chi connectivity index (χ3v) is 6.99. The van der Waals surface area contributed by atoms with E-state index in [1.807, 2.05) is 6.07 Å². The molecule has 0 aromatic carbocycles. The molecule has 7 heteroatoms. The number of alkyl halides is 1. The molecule has 1 aromatic heterocycles. The van der Waals surface area contributed by atoms with Gasteiger partial charge in [0.1, 0.15) is 10.7 Å². The van der Waals surface area contributed by atoms with Crippen molar-refractivity contribution < 1.29 is 8.42 Å². The Hall–Kier alpha value is -0.660. The molecule has 0 saturated carbocycles. The Balaban J connectivity index is 1.86. The number of halogens is 1. The Morgan fingerprint density at radius 2 is 1.86 bits per heavy atom.